The van der Waals surface area contributed by atoms with Crippen LogP contribution in [0.5, 0.6) is 0 Å². The molecule has 19 heavy (non-hydrogen) atoms. The second-order valence-corrected chi connectivity index (χ2v) is 7.12. The third kappa shape index (κ3) is 3.53. The normalized spacial score (nSPS) is 15.5. The minimum Gasteiger partial charge on any atom is -0.383 e. The Kier molecular flexibility index (Phi) is 4.24. The molecule has 0 aromatic carbocycles. The summed E-state index contributed by atoms with van der Waals surface area (Å²) in [6.45, 7) is 0.981. The van der Waals surface area contributed by atoms with Gasteiger partial charge < -0.3 is 9.64 Å². The first-order valence-corrected chi connectivity index (χ1v) is 8.27. The van der Waals surface area contributed by atoms with Gasteiger partial charge in [-0.25, -0.2) is 13.6 Å². The van der Waals surface area contributed by atoms with Gasteiger partial charge in [0.15, 0.2) is 0 Å². The molecule has 1 aromatic rings. The number of nitrogens with zero attached hydrogens (tertiary/aromatic N) is 1. The van der Waals surface area contributed by atoms with Gasteiger partial charge in [-0.1, -0.05) is 0 Å². The number of sulfonamides is 1. The van der Waals surface area contributed by atoms with Crippen molar-refractivity contribution < 1.29 is 17.9 Å². The van der Waals surface area contributed by atoms with Gasteiger partial charge in [0.2, 0.25) is 10.0 Å². The Bertz CT molecular complexity index is 563. The number of methoxy groups -OCH3 is 1. The number of hydrogen-bond acceptors (Lipinski definition) is 5. The number of primary sulfonamides is 1. The summed E-state index contributed by atoms with van der Waals surface area (Å²) in [5, 5.41) is 6.57. The molecule has 2 rings (SSSR count). The molecule has 1 aliphatic carbocycles. The number of ether oxygens (including phenoxy) is 1. The molecule has 1 amide bonds. The Labute approximate surface area is 116 Å². The number of carbonyl (C=O) groups excluding carboxylic acids is 1. The predicted molar refractivity (Wildman–Crippen MR) is 71.6 cm³/mol. The van der Waals surface area contributed by atoms with Crippen LogP contribution in [0.15, 0.2) is 15.7 Å². The average Bonchev–Trinajstić information content (AvgIpc) is 3.04. The van der Waals surface area contributed by atoms with Gasteiger partial charge in [0.25, 0.3) is 5.91 Å². The third-order valence-electron chi connectivity index (χ3n) is 2.89. The first-order valence-electron chi connectivity index (χ1n) is 5.84. The van der Waals surface area contributed by atoms with E-state index in [-0.39, 0.29) is 16.2 Å². The molecule has 6 nitrogen and oxygen atoms in total. The van der Waals surface area contributed by atoms with E-state index in [1.54, 1.807) is 12.0 Å². The number of hydrogen-bond donors (Lipinski definition) is 1. The van der Waals surface area contributed by atoms with Gasteiger partial charge in [-0.05, 0) is 18.9 Å². The molecule has 106 valence electrons. The zero-order valence-electron chi connectivity index (χ0n) is 10.5. The van der Waals surface area contributed by atoms with Crippen molar-refractivity contribution >= 4 is 27.3 Å². The van der Waals surface area contributed by atoms with Gasteiger partial charge >= 0.3 is 0 Å². The molecule has 0 bridgehead atoms. The summed E-state index contributed by atoms with van der Waals surface area (Å²) < 4.78 is 27.4. The van der Waals surface area contributed by atoms with Gasteiger partial charge in [0.1, 0.15) is 4.21 Å². The standard InChI is InChI=1S/C11H16N2O4S2/c1-17-5-4-13(9-2-3-9)11(14)8-6-10(18-7-8)19(12,15)16/h6-7,9H,2-5H2,1H3,(H2,12,15,16). The maximum atomic E-state index is 12.3. The molecule has 1 fully saturated rings. The van der Waals surface area contributed by atoms with E-state index in [0.29, 0.717) is 18.7 Å². The van der Waals surface area contributed by atoms with E-state index in [1.807, 2.05) is 0 Å². The summed E-state index contributed by atoms with van der Waals surface area (Å²) in [5.74, 6) is -0.161. The van der Waals surface area contributed by atoms with Crippen LogP contribution in [-0.2, 0) is 14.8 Å². The smallest absolute Gasteiger partial charge is 0.255 e. The molecule has 1 heterocycles. The van der Waals surface area contributed by atoms with Crippen molar-refractivity contribution in [2.75, 3.05) is 20.3 Å². The van der Waals surface area contributed by atoms with Crippen LogP contribution in [0.25, 0.3) is 0 Å². The van der Waals surface area contributed by atoms with Crippen LogP contribution in [0.4, 0.5) is 0 Å². The van der Waals surface area contributed by atoms with Crippen molar-refractivity contribution in [1.29, 1.82) is 0 Å². The van der Waals surface area contributed by atoms with E-state index in [4.69, 9.17) is 9.88 Å². The summed E-state index contributed by atoms with van der Waals surface area (Å²) in [5.41, 5.74) is 0.372. The quantitative estimate of drug-likeness (QED) is 0.835. The maximum absolute atomic E-state index is 12.3. The van der Waals surface area contributed by atoms with Gasteiger partial charge in [0.05, 0.1) is 12.2 Å². The fourth-order valence-corrected chi connectivity index (χ4v) is 3.35. The Morgan fingerprint density at radius 2 is 2.26 bits per heavy atom. The zero-order chi connectivity index (χ0) is 14.0. The summed E-state index contributed by atoms with van der Waals surface area (Å²) in [6.07, 6.45) is 1.98. The van der Waals surface area contributed by atoms with Crippen molar-refractivity contribution in [3.63, 3.8) is 0 Å². The van der Waals surface area contributed by atoms with Gasteiger partial charge in [-0.15, -0.1) is 11.3 Å². The van der Waals surface area contributed by atoms with E-state index >= 15 is 0 Å². The van der Waals surface area contributed by atoms with E-state index in [1.165, 1.54) is 11.4 Å². The van der Waals surface area contributed by atoms with Gasteiger partial charge in [0, 0.05) is 25.1 Å². The minimum atomic E-state index is -3.74. The molecule has 8 heteroatoms. The van der Waals surface area contributed by atoms with Crippen molar-refractivity contribution in [2.24, 2.45) is 5.14 Å². The van der Waals surface area contributed by atoms with Crippen molar-refractivity contribution in [3.8, 4) is 0 Å². The maximum Gasteiger partial charge on any atom is 0.255 e. The molecule has 1 aromatic heterocycles. The van der Waals surface area contributed by atoms with Crippen LogP contribution < -0.4 is 5.14 Å². The fourth-order valence-electron chi connectivity index (χ4n) is 1.77. The molecule has 0 saturated heterocycles. The lowest BCUT2D eigenvalue weighted by atomic mass is 10.3. The lowest BCUT2D eigenvalue weighted by molar-refractivity contribution is 0.0680. The van der Waals surface area contributed by atoms with E-state index in [9.17, 15) is 13.2 Å². The number of thiophene rings is 1. The summed E-state index contributed by atoms with van der Waals surface area (Å²) in [7, 11) is -2.16. The molecule has 0 aliphatic heterocycles. The number of amides is 1. The van der Waals surface area contributed by atoms with E-state index in [2.05, 4.69) is 0 Å². The molecular weight excluding hydrogens is 288 g/mol. The van der Waals surface area contributed by atoms with E-state index in [0.717, 1.165) is 24.2 Å². The van der Waals surface area contributed by atoms with Crippen LogP contribution in [0.3, 0.4) is 0 Å². The van der Waals surface area contributed by atoms with Crippen LogP contribution in [0.2, 0.25) is 0 Å². The Balaban J connectivity index is 2.15. The molecule has 0 radical (unpaired) electrons. The summed E-state index contributed by atoms with van der Waals surface area (Å²) in [6, 6.07) is 1.59. The number of nitrogens with two attached hydrogens (primary N) is 1. The molecule has 0 spiro atoms. The molecule has 2 N–H and O–H groups in total. The molecule has 1 aliphatic rings. The van der Waals surface area contributed by atoms with Crippen LogP contribution >= 0.6 is 11.3 Å². The Hall–Kier alpha value is -0.960. The van der Waals surface area contributed by atoms with Crippen LogP contribution in [-0.4, -0.2) is 45.5 Å². The number of rotatable bonds is 6. The highest BCUT2D eigenvalue weighted by molar-refractivity contribution is 7.91. The first kappa shape index (κ1) is 14.4. The highest BCUT2D eigenvalue weighted by Gasteiger charge is 2.33. The van der Waals surface area contributed by atoms with Crippen LogP contribution in [0.1, 0.15) is 23.2 Å². The van der Waals surface area contributed by atoms with Crippen molar-refractivity contribution in [1.82, 2.24) is 4.90 Å². The van der Waals surface area contributed by atoms with E-state index < -0.39 is 10.0 Å². The Morgan fingerprint density at radius 3 is 2.74 bits per heavy atom. The molecule has 1 saturated carbocycles. The third-order valence-corrected chi connectivity index (χ3v) is 5.27. The minimum absolute atomic E-state index is 0.0124. The molecular formula is C11H16N2O4S2. The lowest BCUT2D eigenvalue weighted by Crippen LogP contribution is -2.35. The second-order valence-electron chi connectivity index (χ2n) is 4.42. The number of carbonyl (C=O) groups is 1. The first-order chi connectivity index (χ1) is 8.93. The Morgan fingerprint density at radius 1 is 1.58 bits per heavy atom. The van der Waals surface area contributed by atoms with Gasteiger partial charge in [-0.2, -0.15) is 0 Å². The van der Waals surface area contributed by atoms with Crippen LogP contribution in [0, 0.1) is 0 Å². The van der Waals surface area contributed by atoms with Gasteiger partial charge in [-0.3, -0.25) is 4.79 Å². The molecule has 0 unspecified atom stereocenters. The van der Waals surface area contributed by atoms with Crippen molar-refractivity contribution in [3.05, 3.63) is 17.0 Å². The monoisotopic (exact) mass is 304 g/mol. The fraction of sp³-hybridized carbons (Fsp3) is 0.545. The highest BCUT2D eigenvalue weighted by atomic mass is 32.2. The highest BCUT2D eigenvalue weighted by Crippen LogP contribution is 2.29. The second kappa shape index (κ2) is 5.58. The average molecular weight is 304 g/mol. The largest absolute Gasteiger partial charge is 0.383 e. The summed E-state index contributed by atoms with van der Waals surface area (Å²) in [4.78, 5) is 14.0. The zero-order valence-corrected chi connectivity index (χ0v) is 12.2. The molecule has 0 atom stereocenters. The SMILES string of the molecule is COCCN(C(=O)c1csc(S(N)(=O)=O)c1)C1CC1. The lowest BCUT2D eigenvalue weighted by Gasteiger charge is -2.21. The predicted octanol–water partition coefficient (Wildman–Crippen LogP) is 0.646. The topological polar surface area (TPSA) is 89.7 Å². The summed E-state index contributed by atoms with van der Waals surface area (Å²) >= 11 is 0.966. The van der Waals surface area contributed by atoms with Crippen molar-refractivity contribution in [2.45, 2.75) is 23.1 Å².